The van der Waals surface area contributed by atoms with Gasteiger partial charge in [0.15, 0.2) is 0 Å². The van der Waals surface area contributed by atoms with Crippen molar-refractivity contribution in [3.63, 3.8) is 0 Å². The number of carboxylic acid groups (broad SMARTS) is 1. The van der Waals surface area contributed by atoms with Crippen LogP contribution in [0.15, 0.2) is 36.4 Å². The molecule has 2 aromatic rings. The van der Waals surface area contributed by atoms with E-state index in [0.717, 1.165) is 0 Å². The minimum absolute atomic E-state index is 0.0252. The molecule has 0 bridgehead atoms. The third-order valence-corrected chi connectivity index (χ3v) is 6.94. The number of amides is 2. The molecule has 9 nitrogen and oxygen atoms in total. The fraction of sp³-hybridized carbons (Fsp3) is 0.348. The van der Waals surface area contributed by atoms with Crippen LogP contribution in [0.2, 0.25) is 10.0 Å². The number of carbonyl (C=O) groups is 3. The van der Waals surface area contributed by atoms with Crippen LogP contribution in [0.4, 0.5) is 0 Å². The molecular formula is C23H25Cl2N3O6S. The maximum atomic E-state index is 12.8. The normalized spacial score (nSPS) is 16.9. The first-order valence-corrected chi connectivity index (χ1v) is 12.6. The SMILES string of the molecule is O=C(NC(CNC(=O)C1CSCN1)C(=O)O)c1c(Cl)cc(CCC(O)c2cccc(O)c2)cc1Cl. The number of phenolic OH excluding ortho intramolecular Hbond substituents is 1. The monoisotopic (exact) mass is 541 g/mol. The van der Waals surface area contributed by atoms with Gasteiger partial charge in [-0.15, -0.1) is 11.8 Å². The number of carbonyl (C=O) groups excluding carboxylic acids is 2. The second-order valence-corrected chi connectivity index (χ2v) is 9.81. The molecule has 3 atom stereocenters. The second-order valence-electron chi connectivity index (χ2n) is 7.97. The van der Waals surface area contributed by atoms with Crippen molar-refractivity contribution in [3.8, 4) is 5.75 Å². The van der Waals surface area contributed by atoms with Crippen LogP contribution in [0, 0.1) is 0 Å². The molecule has 1 saturated heterocycles. The summed E-state index contributed by atoms with van der Waals surface area (Å²) < 4.78 is 0. The number of phenols is 1. The van der Waals surface area contributed by atoms with Crippen molar-refractivity contribution < 1.29 is 29.7 Å². The predicted octanol–water partition coefficient (Wildman–Crippen LogP) is 2.33. The lowest BCUT2D eigenvalue weighted by molar-refractivity contribution is -0.139. The summed E-state index contributed by atoms with van der Waals surface area (Å²) in [6.45, 7) is -0.303. The molecule has 0 spiro atoms. The first kappa shape index (κ1) is 27.1. The maximum absolute atomic E-state index is 12.8. The zero-order valence-electron chi connectivity index (χ0n) is 18.5. The number of carboxylic acids is 1. The molecule has 1 aliphatic heterocycles. The highest BCUT2D eigenvalue weighted by Crippen LogP contribution is 2.29. The summed E-state index contributed by atoms with van der Waals surface area (Å²) in [6.07, 6.45) is -0.126. The molecular weight excluding hydrogens is 517 g/mol. The molecule has 0 aliphatic carbocycles. The summed E-state index contributed by atoms with van der Waals surface area (Å²) in [5.41, 5.74) is 1.14. The van der Waals surface area contributed by atoms with E-state index < -0.39 is 30.1 Å². The number of hydrogen-bond acceptors (Lipinski definition) is 7. The molecule has 1 heterocycles. The van der Waals surface area contributed by atoms with Crippen molar-refractivity contribution in [1.82, 2.24) is 16.0 Å². The number of aliphatic hydroxyl groups excluding tert-OH is 1. The lowest BCUT2D eigenvalue weighted by atomic mass is 10.00. The van der Waals surface area contributed by atoms with Gasteiger partial charge < -0.3 is 26.0 Å². The Balaban J connectivity index is 1.62. The third-order valence-electron chi connectivity index (χ3n) is 5.41. The average molecular weight is 542 g/mol. The van der Waals surface area contributed by atoms with E-state index in [1.165, 1.54) is 24.3 Å². The number of halogens is 2. The van der Waals surface area contributed by atoms with Gasteiger partial charge in [-0.25, -0.2) is 4.79 Å². The van der Waals surface area contributed by atoms with Crippen molar-refractivity contribution in [3.05, 3.63) is 63.1 Å². The quantitative estimate of drug-likeness (QED) is 0.268. The Kier molecular flexibility index (Phi) is 9.64. The highest BCUT2D eigenvalue weighted by Gasteiger charge is 2.27. The Morgan fingerprint density at radius 1 is 1.17 bits per heavy atom. The zero-order chi connectivity index (χ0) is 25.5. The summed E-state index contributed by atoms with van der Waals surface area (Å²) in [5, 5.41) is 37.3. The van der Waals surface area contributed by atoms with Crippen LogP contribution >= 0.6 is 35.0 Å². The second kappa shape index (κ2) is 12.5. The number of aliphatic hydroxyl groups is 1. The number of rotatable bonds is 10. The van der Waals surface area contributed by atoms with E-state index in [4.69, 9.17) is 23.2 Å². The highest BCUT2D eigenvalue weighted by atomic mass is 35.5. The number of benzene rings is 2. The van der Waals surface area contributed by atoms with Gasteiger partial charge >= 0.3 is 5.97 Å². The molecule has 0 aromatic heterocycles. The molecule has 2 amide bonds. The van der Waals surface area contributed by atoms with E-state index in [-0.39, 0.29) is 33.8 Å². The van der Waals surface area contributed by atoms with Crippen LogP contribution in [0.5, 0.6) is 5.75 Å². The summed E-state index contributed by atoms with van der Waals surface area (Å²) in [4.78, 5) is 36.5. The van der Waals surface area contributed by atoms with Crippen LogP contribution in [-0.4, -0.2) is 63.4 Å². The Morgan fingerprint density at radius 3 is 2.49 bits per heavy atom. The van der Waals surface area contributed by atoms with Crippen LogP contribution in [0.1, 0.15) is 34.0 Å². The third kappa shape index (κ3) is 7.49. The molecule has 1 aliphatic rings. The molecule has 0 radical (unpaired) electrons. The molecule has 0 saturated carbocycles. The minimum atomic E-state index is -1.38. The molecule has 6 N–H and O–H groups in total. The number of hydrogen-bond donors (Lipinski definition) is 6. The lowest BCUT2D eigenvalue weighted by Crippen LogP contribution is -2.51. The van der Waals surface area contributed by atoms with E-state index >= 15 is 0 Å². The Hall–Kier alpha value is -2.50. The van der Waals surface area contributed by atoms with E-state index in [1.807, 2.05) is 0 Å². The molecule has 12 heteroatoms. The van der Waals surface area contributed by atoms with Crippen LogP contribution < -0.4 is 16.0 Å². The Morgan fingerprint density at radius 2 is 1.89 bits per heavy atom. The van der Waals surface area contributed by atoms with Gasteiger partial charge in [0, 0.05) is 18.2 Å². The lowest BCUT2D eigenvalue weighted by Gasteiger charge is -2.18. The van der Waals surface area contributed by atoms with Crippen LogP contribution in [-0.2, 0) is 16.0 Å². The fourth-order valence-electron chi connectivity index (χ4n) is 3.51. The smallest absolute Gasteiger partial charge is 0.328 e. The number of aryl methyl sites for hydroxylation is 1. The highest BCUT2D eigenvalue weighted by molar-refractivity contribution is 7.99. The first-order chi connectivity index (χ1) is 16.7. The van der Waals surface area contributed by atoms with Gasteiger partial charge in [0.1, 0.15) is 11.8 Å². The van der Waals surface area contributed by atoms with E-state index in [0.29, 0.717) is 35.6 Å². The van der Waals surface area contributed by atoms with Gasteiger partial charge in [-0.05, 0) is 48.2 Å². The summed E-state index contributed by atoms with van der Waals surface area (Å²) in [6, 6.07) is 7.57. The average Bonchev–Trinajstić information content (AvgIpc) is 3.34. The largest absolute Gasteiger partial charge is 0.508 e. The van der Waals surface area contributed by atoms with Gasteiger partial charge in [-0.3, -0.25) is 14.9 Å². The van der Waals surface area contributed by atoms with Gasteiger partial charge in [-0.2, -0.15) is 0 Å². The maximum Gasteiger partial charge on any atom is 0.328 e. The van der Waals surface area contributed by atoms with Gasteiger partial charge in [0.2, 0.25) is 5.91 Å². The van der Waals surface area contributed by atoms with Crippen LogP contribution in [0.3, 0.4) is 0 Å². The fourth-order valence-corrected chi connectivity index (χ4v) is 5.15. The van der Waals surface area contributed by atoms with E-state index in [9.17, 15) is 29.7 Å². The number of nitrogens with one attached hydrogen (secondary N) is 3. The van der Waals surface area contributed by atoms with Crippen molar-refractivity contribution in [2.45, 2.75) is 31.0 Å². The van der Waals surface area contributed by atoms with Crippen molar-refractivity contribution >= 4 is 52.7 Å². The van der Waals surface area contributed by atoms with Gasteiger partial charge in [0.25, 0.3) is 5.91 Å². The van der Waals surface area contributed by atoms with Crippen LogP contribution in [0.25, 0.3) is 0 Å². The molecule has 1 fully saturated rings. The number of aromatic hydroxyl groups is 1. The topological polar surface area (TPSA) is 148 Å². The predicted molar refractivity (Wildman–Crippen MR) is 134 cm³/mol. The van der Waals surface area contributed by atoms with Crippen molar-refractivity contribution in [2.24, 2.45) is 0 Å². The minimum Gasteiger partial charge on any atom is -0.508 e. The first-order valence-electron chi connectivity index (χ1n) is 10.7. The molecule has 2 aromatic carbocycles. The Labute approximate surface area is 216 Å². The zero-order valence-corrected chi connectivity index (χ0v) is 20.8. The van der Waals surface area contributed by atoms with Gasteiger partial charge in [-0.1, -0.05) is 35.3 Å². The number of thioether (sulfide) groups is 1. The standard InChI is InChI=1S/C23H25Cl2N3O6S/c24-15-6-12(4-5-19(30)13-2-1-3-14(29)8-13)7-16(25)20(15)22(32)28-17(23(33)34)9-26-21(31)18-10-35-11-27-18/h1-3,6-8,17-19,27,29-30H,4-5,9-11H2,(H,26,31)(H,28,32)(H,33,34). The summed E-state index contributed by atoms with van der Waals surface area (Å²) in [5.74, 6) is -1.18. The van der Waals surface area contributed by atoms with Crippen molar-refractivity contribution in [2.75, 3.05) is 18.2 Å². The molecule has 3 rings (SSSR count). The Bertz CT molecular complexity index is 1070. The van der Waals surface area contributed by atoms with E-state index in [1.54, 1.807) is 23.9 Å². The van der Waals surface area contributed by atoms with Crippen molar-refractivity contribution in [1.29, 1.82) is 0 Å². The summed E-state index contributed by atoms with van der Waals surface area (Å²) >= 11 is 14.1. The van der Waals surface area contributed by atoms with E-state index in [2.05, 4.69) is 16.0 Å². The molecule has 35 heavy (non-hydrogen) atoms. The van der Waals surface area contributed by atoms with Gasteiger partial charge in [0.05, 0.1) is 27.8 Å². The molecule has 3 unspecified atom stereocenters. The summed E-state index contributed by atoms with van der Waals surface area (Å²) in [7, 11) is 0. The number of aliphatic carboxylic acids is 1. The molecule has 188 valence electrons.